The second kappa shape index (κ2) is 6.12. The number of nitrogens with zero attached hydrogens (tertiary/aromatic N) is 1. The maximum absolute atomic E-state index is 6.13. The van der Waals surface area contributed by atoms with E-state index < -0.39 is 0 Å². The van der Waals surface area contributed by atoms with Gasteiger partial charge in [-0.25, -0.2) is 0 Å². The fourth-order valence-electron chi connectivity index (χ4n) is 1.54. The van der Waals surface area contributed by atoms with Crippen LogP contribution in [0.2, 0.25) is 5.02 Å². The van der Waals surface area contributed by atoms with Gasteiger partial charge in [-0.2, -0.15) is 0 Å². The number of hydrogen-bond acceptors (Lipinski definition) is 2. The van der Waals surface area contributed by atoms with Crippen LogP contribution in [-0.4, -0.2) is 18.5 Å². The van der Waals surface area contributed by atoms with E-state index in [0.29, 0.717) is 0 Å². The molecule has 0 aromatic heterocycles. The van der Waals surface area contributed by atoms with E-state index in [1.54, 1.807) is 0 Å². The Balaban J connectivity index is 2.52. The maximum atomic E-state index is 6.13. The highest BCUT2D eigenvalue weighted by atomic mass is 35.5. The lowest BCUT2D eigenvalue weighted by molar-refractivity contribution is 0.303. The first-order valence-electron chi connectivity index (χ1n) is 5.71. The van der Waals surface area contributed by atoms with Crippen LogP contribution in [0.1, 0.15) is 25.8 Å². The summed E-state index contributed by atoms with van der Waals surface area (Å²) in [5.74, 6) is 0.740. The number of hydrogen-bond donors (Lipinski definition) is 1. The van der Waals surface area contributed by atoms with Gasteiger partial charge >= 0.3 is 0 Å². The third kappa shape index (κ3) is 4.42. The Labute approximate surface area is 103 Å². The molecule has 2 N–H and O–H groups in total. The summed E-state index contributed by atoms with van der Waals surface area (Å²) >= 11 is 6.13. The topological polar surface area (TPSA) is 29.3 Å². The fraction of sp³-hybridized carbons (Fsp3) is 0.538. The van der Waals surface area contributed by atoms with E-state index in [-0.39, 0.29) is 0 Å². The molecule has 0 saturated carbocycles. The summed E-state index contributed by atoms with van der Waals surface area (Å²) in [4.78, 5) is 2.29. The van der Waals surface area contributed by atoms with Crippen molar-refractivity contribution >= 4 is 17.3 Å². The highest BCUT2D eigenvalue weighted by Gasteiger charge is 2.05. The number of nitrogen functional groups attached to an aromatic ring is 1. The maximum Gasteiger partial charge on any atom is 0.0471 e. The molecule has 2 nitrogen and oxygen atoms in total. The quantitative estimate of drug-likeness (QED) is 0.800. The molecule has 0 atom stereocenters. The summed E-state index contributed by atoms with van der Waals surface area (Å²) < 4.78 is 0. The summed E-state index contributed by atoms with van der Waals surface area (Å²) in [6, 6.07) is 5.72. The van der Waals surface area contributed by atoms with Gasteiger partial charge in [0, 0.05) is 17.3 Å². The monoisotopic (exact) mass is 240 g/mol. The van der Waals surface area contributed by atoms with Gasteiger partial charge in [-0.1, -0.05) is 31.5 Å². The number of anilines is 1. The molecule has 0 radical (unpaired) electrons. The molecule has 0 fully saturated rings. The van der Waals surface area contributed by atoms with E-state index in [0.717, 1.165) is 35.3 Å². The number of benzene rings is 1. The second-order valence-corrected chi connectivity index (χ2v) is 5.18. The molecule has 90 valence electrons. The molecule has 1 aromatic carbocycles. The van der Waals surface area contributed by atoms with Crippen LogP contribution >= 0.6 is 11.6 Å². The van der Waals surface area contributed by atoms with Crippen LogP contribution in [-0.2, 0) is 6.54 Å². The Morgan fingerprint density at radius 2 is 2.06 bits per heavy atom. The predicted octanol–water partition coefficient (Wildman–Crippen LogP) is 3.40. The molecule has 0 aliphatic rings. The van der Waals surface area contributed by atoms with Crippen molar-refractivity contribution in [1.82, 2.24) is 4.90 Å². The molecule has 0 bridgehead atoms. The van der Waals surface area contributed by atoms with Crippen molar-refractivity contribution in [3.05, 3.63) is 28.8 Å². The van der Waals surface area contributed by atoms with E-state index in [2.05, 4.69) is 25.8 Å². The van der Waals surface area contributed by atoms with Gasteiger partial charge in [-0.05, 0) is 43.6 Å². The smallest absolute Gasteiger partial charge is 0.0471 e. The molecule has 0 heterocycles. The molecular formula is C13H21ClN2. The van der Waals surface area contributed by atoms with Crippen LogP contribution < -0.4 is 5.73 Å². The van der Waals surface area contributed by atoms with Crippen LogP contribution in [0.15, 0.2) is 18.2 Å². The highest BCUT2D eigenvalue weighted by Crippen LogP contribution is 2.20. The lowest BCUT2D eigenvalue weighted by atomic mass is 10.1. The first kappa shape index (κ1) is 13.3. The number of rotatable bonds is 5. The molecule has 3 heteroatoms. The van der Waals surface area contributed by atoms with Crippen molar-refractivity contribution in [2.75, 3.05) is 19.3 Å². The van der Waals surface area contributed by atoms with E-state index in [1.165, 1.54) is 6.42 Å². The molecule has 0 amide bonds. The molecule has 0 unspecified atom stereocenters. The molecule has 1 aromatic rings. The zero-order chi connectivity index (χ0) is 12.1. The van der Waals surface area contributed by atoms with Crippen molar-refractivity contribution in [2.45, 2.75) is 26.8 Å². The molecule has 0 aliphatic heterocycles. The Kier molecular flexibility index (Phi) is 5.10. The molecular weight excluding hydrogens is 220 g/mol. The van der Waals surface area contributed by atoms with Gasteiger partial charge in [0.05, 0.1) is 0 Å². The second-order valence-electron chi connectivity index (χ2n) is 4.77. The first-order chi connectivity index (χ1) is 7.49. The summed E-state index contributed by atoms with van der Waals surface area (Å²) in [6.07, 6.45) is 1.21. The molecule has 0 spiro atoms. The standard InChI is InChI=1S/C13H21ClN2/c1-10(2)6-7-16(3)9-11-4-5-12(15)8-13(11)14/h4-5,8,10H,6-7,9,15H2,1-3H3. The lowest BCUT2D eigenvalue weighted by Gasteiger charge is -2.18. The molecule has 0 saturated heterocycles. The van der Waals surface area contributed by atoms with Gasteiger partial charge in [0.15, 0.2) is 0 Å². The average Bonchev–Trinajstić information content (AvgIpc) is 2.19. The van der Waals surface area contributed by atoms with Gasteiger partial charge in [0.25, 0.3) is 0 Å². The van der Waals surface area contributed by atoms with Crippen LogP contribution in [0, 0.1) is 5.92 Å². The zero-order valence-electron chi connectivity index (χ0n) is 10.3. The third-order valence-electron chi connectivity index (χ3n) is 2.61. The molecule has 1 rings (SSSR count). The van der Waals surface area contributed by atoms with Crippen LogP contribution in [0.5, 0.6) is 0 Å². The van der Waals surface area contributed by atoms with Gasteiger partial charge in [0.2, 0.25) is 0 Å². The van der Waals surface area contributed by atoms with E-state index in [1.807, 2.05) is 18.2 Å². The Morgan fingerprint density at radius 3 is 2.62 bits per heavy atom. The molecule has 16 heavy (non-hydrogen) atoms. The summed E-state index contributed by atoms with van der Waals surface area (Å²) in [6.45, 7) is 6.46. The minimum Gasteiger partial charge on any atom is -0.399 e. The van der Waals surface area contributed by atoms with Crippen LogP contribution in [0.4, 0.5) is 5.69 Å². The number of nitrogens with two attached hydrogens (primary N) is 1. The Bertz CT molecular complexity index is 337. The van der Waals surface area contributed by atoms with E-state index in [4.69, 9.17) is 17.3 Å². The SMILES string of the molecule is CC(C)CCN(C)Cc1ccc(N)cc1Cl. The minimum atomic E-state index is 0.721. The minimum absolute atomic E-state index is 0.721. The summed E-state index contributed by atoms with van der Waals surface area (Å²) in [5.41, 5.74) is 7.52. The van der Waals surface area contributed by atoms with Crippen LogP contribution in [0.3, 0.4) is 0 Å². The highest BCUT2D eigenvalue weighted by molar-refractivity contribution is 6.31. The van der Waals surface area contributed by atoms with E-state index >= 15 is 0 Å². The summed E-state index contributed by atoms with van der Waals surface area (Å²) in [5, 5.41) is 0.761. The largest absolute Gasteiger partial charge is 0.399 e. The van der Waals surface area contributed by atoms with Crippen molar-refractivity contribution < 1.29 is 0 Å². The third-order valence-corrected chi connectivity index (χ3v) is 2.96. The van der Waals surface area contributed by atoms with Gasteiger partial charge < -0.3 is 10.6 Å². The van der Waals surface area contributed by atoms with Gasteiger partial charge in [-0.3, -0.25) is 0 Å². The van der Waals surface area contributed by atoms with Crippen LogP contribution in [0.25, 0.3) is 0 Å². The van der Waals surface area contributed by atoms with Gasteiger partial charge in [-0.15, -0.1) is 0 Å². The fourth-order valence-corrected chi connectivity index (χ4v) is 1.79. The average molecular weight is 241 g/mol. The number of halogens is 1. The van der Waals surface area contributed by atoms with E-state index in [9.17, 15) is 0 Å². The van der Waals surface area contributed by atoms with Gasteiger partial charge in [0.1, 0.15) is 0 Å². The predicted molar refractivity (Wildman–Crippen MR) is 71.7 cm³/mol. The van der Waals surface area contributed by atoms with Crippen molar-refractivity contribution in [3.8, 4) is 0 Å². The van der Waals surface area contributed by atoms with Crippen molar-refractivity contribution in [1.29, 1.82) is 0 Å². The lowest BCUT2D eigenvalue weighted by Crippen LogP contribution is -2.20. The Hall–Kier alpha value is -0.730. The summed E-state index contributed by atoms with van der Waals surface area (Å²) in [7, 11) is 2.12. The first-order valence-corrected chi connectivity index (χ1v) is 6.09. The van der Waals surface area contributed by atoms with Crippen molar-refractivity contribution in [3.63, 3.8) is 0 Å². The van der Waals surface area contributed by atoms with Crippen molar-refractivity contribution in [2.24, 2.45) is 5.92 Å². The molecule has 0 aliphatic carbocycles. The Morgan fingerprint density at radius 1 is 1.38 bits per heavy atom. The zero-order valence-corrected chi connectivity index (χ0v) is 11.1. The normalized spacial score (nSPS) is 11.4.